The number of benzene rings is 1. The van der Waals surface area contributed by atoms with Gasteiger partial charge in [-0.2, -0.15) is 0 Å². The molecule has 1 heterocycles. The number of hydrogen-bond donors (Lipinski definition) is 1. The Morgan fingerprint density at radius 1 is 1.33 bits per heavy atom. The summed E-state index contributed by atoms with van der Waals surface area (Å²) in [6, 6.07) is 6.21. The average Bonchev–Trinajstić information content (AvgIpc) is 2.31. The van der Waals surface area contributed by atoms with Crippen molar-refractivity contribution < 1.29 is 14.6 Å². The summed E-state index contributed by atoms with van der Waals surface area (Å²) in [6.45, 7) is 1.82. The van der Waals surface area contributed by atoms with Crippen LogP contribution in [-0.4, -0.2) is 21.0 Å². The summed E-state index contributed by atoms with van der Waals surface area (Å²) < 4.78 is 6.18. The van der Waals surface area contributed by atoms with E-state index in [9.17, 15) is 4.79 Å². The van der Waals surface area contributed by atoms with Gasteiger partial charge in [-0.15, -0.1) is 0 Å². The molecule has 0 bridgehead atoms. The summed E-state index contributed by atoms with van der Waals surface area (Å²) in [7, 11) is 0. The molecule has 0 saturated carbocycles. The first-order chi connectivity index (χ1) is 8.56. The molecule has 0 fully saturated rings. The van der Waals surface area contributed by atoms with Gasteiger partial charge in [0.25, 0.3) is 0 Å². The molecule has 18 heavy (non-hydrogen) atoms. The Balaban J connectivity index is 2.33. The van der Waals surface area contributed by atoms with E-state index in [1.54, 1.807) is 12.1 Å². The van der Waals surface area contributed by atoms with Crippen LogP contribution < -0.4 is 4.74 Å². The number of carboxylic acids is 1. The number of rotatable bonds is 3. The summed E-state index contributed by atoms with van der Waals surface area (Å²) >= 11 is 3.29. The second kappa shape index (κ2) is 5.14. The Labute approximate surface area is 112 Å². The monoisotopic (exact) mass is 308 g/mol. The van der Waals surface area contributed by atoms with Crippen LogP contribution in [0.1, 0.15) is 16.1 Å². The number of aromatic carboxylic acids is 1. The smallest absolute Gasteiger partial charge is 0.335 e. The number of ether oxygens (including phenoxy) is 1. The van der Waals surface area contributed by atoms with Crippen molar-refractivity contribution in [1.29, 1.82) is 0 Å². The van der Waals surface area contributed by atoms with Gasteiger partial charge in [-0.3, -0.25) is 0 Å². The van der Waals surface area contributed by atoms with E-state index in [4.69, 9.17) is 9.84 Å². The van der Waals surface area contributed by atoms with Gasteiger partial charge in [0.2, 0.25) is 5.88 Å². The zero-order valence-corrected chi connectivity index (χ0v) is 11.0. The lowest BCUT2D eigenvalue weighted by atomic mass is 10.2. The highest BCUT2D eigenvalue weighted by molar-refractivity contribution is 9.10. The zero-order valence-electron chi connectivity index (χ0n) is 9.42. The second-order valence-electron chi connectivity index (χ2n) is 3.55. The van der Waals surface area contributed by atoms with Gasteiger partial charge in [0.15, 0.2) is 0 Å². The van der Waals surface area contributed by atoms with Crippen molar-refractivity contribution in [3.8, 4) is 11.6 Å². The lowest BCUT2D eigenvalue weighted by Crippen LogP contribution is -1.97. The highest BCUT2D eigenvalue weighted by Crippen LogP contribution is 2.29. The first-order valence-electron chi connectivity index (χ1n) is 5.05. The third-order valence-corrected chi connectivity index (χ3v) is 2.83. The molecule has 0 spiro atoms. The van der Waals surface area contributed by atoms with Crippen LogP contribution in [0.4, 0.5) is 0 Å². The van der Waals surface area contributed by atoms with Crippen LogP contribution in [0, 0.1) is 6.92 Å². The van der Waals surface area contributed by atoms with Crippen molar-refractivity contribution in [2.45, 2.75) is 6.92 Å². The molecule has 0 aliphatic heterocycles. The number of aromatic nitrogens is 2. The molecular formula is C12H9BrN2O3. The minimum Gasteiger partial charge on any atom is -0.478 e. The van der Waals surface area contributed by atoms with Gasteiger partial charge >= 0.3 is 5.97 Å². The van der Waals surface area contributed by atoms with Crippen molar-refractivity contribution in [3.05, 3.63) is 46.3 Å². The fourth-order valence-corrected chi connectivity index (χ4v) is 1.64. The van der Waals surface area contributed by atoms with Crippen molar-refractivity contribution >= 4 is 21.9 Å². The van der Waals surface area contributed by atoms with E-state index in [0.717, 1.165) is 5.69 Å². The normalized spacial score (nSPS) is 10.1. The van der Waals surface area contributed by atoms with Gasteiger partial charge < -0.3 is 9.84 Å². The van der Waals surface area contributed by atoms with Gasteiger partial charge in [-0.1, -0.05) is 0 Å². The summed E-state index contributed by atoms with van der Waals surface area (Å²) in [6.07, 6.45) is 1.39. The maximum Gasteiger partial charge on any atom is 0.335 e. The SMILES string of the molecule is Cc1cc(Oc2cc(C(=O)O)ccc2Br)ncn1. The molecule has 0 atom stereocenters. The third kappa shape index (κ3) is 2.84. The molecule has 2 aromatic rings. The molecule has 0 aliphatic rings. The van der Waals surface area contributed by atoms with E-state index < -0.39 is 5.97 Å². The van der Waals surface area contributed by atoms with E-state index in [2.05, 4.69) is 25.9 Å². The summed E-state index contributed by atoms with van der Waals surface area (Å²) in [5.41, 5.74) is 0.921. The summed E-state index contributed by atoms with van der Waals surface area (Å²) in [5, 5.41) is 8.91. The Kier molecular flexibility index (Phi) is 3.57. The molecule has 0 aliphatic carbocycles. The second-order valence-corrected chi connectivity index (χ2v) is 4.40. The van der Waals surface area contributed by atoms with Crippen LogP contribution in [0.15, 0.2) is 35.1 Å². The Morgan fingerprint density at radius 3 is 2.78 bits per heavy atom. The number of hydrogen-bond acceptors (Lipinski definition) is 4. The maximum absolute atomic E-state index is 10.9. The van der Waals surface area contributed by atoms with Crippen LogP contribution in [0.3, 0.4) is 0 Å². The topological polar surface area (TPSA) is 72.3 Å². The standard InChI is InChI=1S/C12H9BrN2O3/c1-7-4-11(15-6-14-7)18-10-5-8(12(16)17)2-3-9(10)13/h2-6H,1H3,(H,16,17). The highest BCUT2D eigenvalue weighted by Gasteiger charge is 2.09. The zero-order chi connectivity index (χ0) is 13.1. The van der Waals surface area contributed by atoms with E-state index in [1.807, 2.05) is 6.92 Å². The highest BCUT2D eigenvalue weighted by atomic mass is 79.9. The first-order valence-corrected chi connectivity index (χ1v) is 5.85. The fraction of sp³-hybridized carbons (Fsp3) is 0.0833. The van der Waals surface area contributed by atoms with E-state index >= 15 is 0 Å². The predicted octanol–water partition coefficient (Wildman–Crippen LogP) is 3.04. The van der Waals surface area contributed by atoms with Gasteiger partial charge in [0, 0.05) is 11.8 Å². The molecule has 2 rings (SSSR count). The molecule has 6 heteroatoms. The number of carbonyl (C=O) groups is 1. The van der Waals surface area contributed by atoms with Crippen LogP contribution in [0.2, 0.25) is 0 Å². The number of halogens is 1. The molecule has 0 amide bonds. The molecule has 1 aromatic carbocycles. The summed E-state index contributed by atoms with van der Waals surface area (Å²) in [5.74, 6) is -0.245. The maximum atomic E-state index is 10.9. The third-order valence-electron chi connectivity index (χ3n) is 2.17. The number of aryl methyl sites for hydroxylation is 1. The molecule has 1 aromatic heterocycles. The fourth-order valence-electron chi connectivity index (χ4n) is 1.31. The van der Waals surface area contributed by atoms with Crippen molar-refractivity contribution in [3.63, 3.8) is 0 Å². The molecule has 0 unspecified atom stereocenters. The van der Waals surface area contributed by atoms with Crippen LogP contribution in [0.25, 0.3) is 0 Å². The molecule has 0 saturated heterocycles. The lowest BCUT2D eigenvalue weighted by molar-refractivity contribution is 0.0696. The Morgan fingerprint density at radius 2 is 2.11 bits per heavy atom. The van der Waals surface area contributed by atoms with Crippen molar-refractivity contribution in [2.75, 3.05) is 0 Å². The Bertz CT molecular complexity index is 602. The van der Waals surface area contributed by atoms with Crippen LogP contribution >= 0.6 is 15.9 Å². The number of carboxylic acid groups (broad SMARTS) is 1. The average molecular weight is 309 g/mol. The molecule has 5 nitrogen and oxygen atoms in total. The molecule has 1 N–H and O–H groups in total. The van der Waals surface area contributed by atoms with Crippen LogP contribution in [-0.2, 0) is 0 Å². The quantitative estimate of drug-likeness (QED) is 0.943. The van der Waals surface area contributed by atoms with E-state index in [1.165, 1.54) is 18.5 Å². The van der Waals surface area contributed by atoms with Crippen molar-refractivity contribution in [2.24, 2.45) is 0 Å². The molecule has 92 valence electrons. The molecule has 0 radical (unpaired) electrons. The van der Waals surface area contributed by atoms with E-state index in [-0.39, 0.29) is 5.56 Å². The van der Waals surface area contributed by atoms with Gasteiger partial charge in [-0.05, 0) is 41.1 Å². The van der Waals surface area contributed by atoms with Crippen LogP contribution in [0.5, 0.6) is 11.6 Å². The van der Waals surface area contributed by atoms with E-state index in [0.29, 0.717) is 16.1 Å². The molecular weight excluding hydrogens is 300 g/mol. The lowest BCUT2D eigenvalue weighted by Gasteiger charge is -2.07. The van der Waals surface area contributed by atoms with Gasteiger partial charge in [0.05, 0.1) is 10.0 Å². The predicted molar refractivity (Wildman–Crippen MR) is 67.9 cm³/mol. The first kappa shape index (κ1) is 12.5. The summed E-state index contributed by atoms with van der Waals surface area (Å²) in [4.78, 5) is 18.8. The van der Waals surface area contributed by atoms with Gasteiger partial charge in [-0.25, -0.2) is 14.8 Å². The Hall–Kier alpha value is -1.95. The number of nitrogens with zero attached hydrogens (tertiary/aromatic N) is 2. The largest absolute Gasteiger partial charge is 0.478 e. The minimum atomic E-state index is -1.01. The van der Waals surface area contributed by atoms with Gasteiger partial charge in [0.1, 0.15) is 12.1 Å². The minimum absolute atomic E-state index is 0.152. The van der Waals surface area contributed by atoms with Crippen molar-refractivity contribution in [1.82, 2.24) is 9.97 Å².